The molecule has 0 saturated carbocycles. The summed E-state index contributed by atoms with van der Waals surface area (Å²) in [6, 6.07) is 7.57. The van der Waals surface area contributed by atoms with E-state index in [9.17, 15) is 4.79 Å². The number of benzene rings is 1. The molecule has 2 aromatic rings. The van der Waals surface area contributed by atoms with Gasteiger partial charge in [0.1, 0.15) is 0 Å². The number of nitrogens with two attached hydrogens (primary N) is 1. The van der Waals surface area contributed by atoms with Crippen LogP contribution in [0.5, 0.6) is 0 Å². The minimum absolute atomic E-state index is 0.204. The third-order valence-corrected chi connectivity index (χ3v) is 2.51. The smallest absolute Gasteiger partial charge is 0.290 e. The molecule has 0 aliphatic rings. The van der Waals surface area contributed by atoms with Gasteiger partial charge in [0.05, 0.1) is 0 Å². The summed E-state index contributed by atoms with van der Waals surface area (Å²) in [6.45, 7) is 0.548. The van der Waals surface area contributed by atoms with Crippen LogP contribution in [0.3, 0.4) is 0 Å². The molecule has 0 bridgehead atoms. The summed E-state index contributed by atoms with van der Waals surface area (Å²) in [5.41, 5.74) is 7.33. The van der Waals surface area contributed by atoms with Crippen LogP contribution in [0.2, 0.25) is 0 Å². The van der Waals surface area contributed by atoms with E-state index in [2.05, 4.69) is 9.97 Å². The summed E-state index contributed by atoms with van der Waals surface area (Å²) in [7, 11) is 1.81. The molecule has 1 aromatic carbocycles. The number of para-hydroxylation sites is 1. The Morgan fingerprint density at radius 1 is 1.41 bits per heavy atom. The van der Waals surface area contributed by atoms with Gasteiger partial charge in [0.2, 0.25) is 0 Å². The van der Waals surface area contributed by atoms with Gasteiger partial charge in [-0.1, -0.05) is 18.2 Å². The second-order valence-corrected chi connectivity index (χ2v) is 3.80. The van der Waals surface area contributed by atoms with Crippen molar-refractivity contribution in [1.82, 2.24) is 9.97 Å². The zero-order valence-electron chi connectivity index (χ0n) is 9.55. The van der Waals surface area contributed by atoms with Gasteiger partial charge in [0.15, 0.2) is 5.82 Å². The topological polar surface area (TPSA) is 75.0 Å². The van der Waals surface area contributed by atoms with Crippen molar-refractivity contribution < 1.29 is 0 Å². The van der Waals surface area contributed by atoms with Gasteiger partial charge < -0.3 is 15.6 Å². The van der Waals surface area contributed by atoms with Crippen LogP contribution in [-0.2, 0) is 6.54 Å². The lowest BCUT2D eigenvalue weighted by Crippen LogP contribution is -2.26. The average Bonchev–Trinajstić information content (AvgIpc) is 2.32. The van der Waals surface area contributed by atoms with Gasteiger partial charge >= 0.3 is 0 Å². The molecule has 0 saturated heterocycles. The van der Waals surface area contributed by atoms with E-state index in [1.54, 1.807) is 11.1 Å². The Bertz CT molecular complexity index is 564. The first-order chi connectivity index (χ1) is 8.18. The Balaban J connectivity index is 2.24. The molecule has 5 nitrogen and oxygen atoms in total. The predicted molar refractivity (Wildman–Crippen MR) is 67.8 cm³/mol. The molecule has 5 heteroatoms. The number of hydrogen-bond acceptors (Lipinski definition) is 4. The minimum atomic E-state index is -0.204. The second-order valence-electron chi connectivity index (χ2n) is 3.80. The molecule has 0 aliphatic heterocycles. The molecule has 0 atom stereocenters. The number of nitrogen functional groups attached to an aromatic ring is 1. The Hall–Kier alpha value is -2.30. The van der Waals surface area contributed by atoms with E-state index in [1.165, 1.54) is 6.20 Å². The first kappa shape index (κ1) is 11.2. The Morgan fingerprint density at radius 3 is 2.88 bits per heavy atom. The summed E-state index contributed by atoms with van der Waals surface area (Å²) >= 11 is 0. The van der Waals surface area contributed by atoms with E-state index in [4.69, 9.17) is 5.73 Å². The van der Waals surface area contributed by atoms with Crippen LogP contribution in [0.15, 0.2) is 41.5 Å². The second kappa shape index (κ2) is 4.69. The molecule has 0 amide bonds. The molecule has 0 unspecified atom stereocenters. The lowest BCUT2D eigenvalue weighted by atomic mass is 10.2. The maximum atomic E-state index is 11.5. The van der Waals surface area contributed by atoms with Crippen LogP contribution in [0.25, 0.3) is 0 Å². The molecule has 17 heavy (non-hydrogen) atoms. The zero-order chi connectivity index (χ0) is 12.3. The quantitative estimate of drug-likeness (QED) is 0.771. The first-order valence-electron chi connectivity index (χ1n) is 5.26. The number of aromatic amines is 1. The van der Waals surface area contributed by atoms with Crippen LogP contribution in [0.1, 0.15) is 5.56 Å². The van der Waals surface area contributed by atoms with Crippen LogP contribution >= 0.6 is 0 Å². The number of anilines is 2. The van der Waals surface area contributed by atoms with Crippen molar-refractivity contribution in [3.8, 4) is 0 Å². The number of nitrogens with one attached hydrogen (secondary N) is 1. The van der Waals surface area contributed by atoms with Gasteiger partial charge in [-0.3, -0.25) is 4.79 Å². The highest BCUT2D eigenvalue weighted by Gasteiger charge is 2.08. The maximum Gasteiger partial charge on any atom is 0.290 e. The highest BCUT2D eigenvalue weighted by molar-refractivity contribution is 5.48. The van der Waals surface area contributed by atoms with E-state index in [1.807, 2.05) is 31.3 Å². The molecule has 3 N–H and O–H groups in total. The van der Waals surface area contributed by atoms with Crippen molar-refractivity contribution in [1.29, 1.82) is 0 Å². The highest BCUT2D eigenvalue weighted by atomic mass is 16.1. The Kier molecular flexibility index (Phi) is 3.09. The summed E-state index contributed by atoms with van der Waals surface area (Å²) in [4.78, 5) is 19.9. The zero-order valence-corrected chi connectivity index (χ0v) is 9.55. The minimum Gasteiger partial charge on any atom is -0.398 e. The van der Waals surface area contributed by atoms with Gasteiger partial charge in [0, 0.05) is 31.7 Å². The van der Waals surface area contributed by atoms with E-state index in [0.29, 0.717) is 18.1 Å². The van der Waals surface area contributed by atoms with E-state index in [0.717, 1.165) is 5.56 Å². The summed E-state index contributed by atoms with van der Waals surface area (Å²) in [6.07, 6.45) is 3.07. The van der Waals surface area contributed by atoms with Crippen molar-refractivity contribution in [3.05, 3.63) is 52.6 Å². The lowest BCUT2D eigenvalue weighted by Gasteiger charge is -2.17. The fourth-order valence-corrected chi connectivity index (χ4v) is 1.62. The molecule has 0 spiro atoms. The fraction of sp³-hybridized carbons (Fsp3) is 0.167. The number of aromatic nitrogens is 2. The number of rotatable bonds is 3. The monoisotopic (exact) mass is 230 g/mol. The highest BCUT2D eigenvalue weighted by Crippen LogP contribution is 2.14. The Morgan fingerprint density at radius 2 is 2.18 bits per heavy atom. The molecule has 1 aromatic heterocycles. The fourth-order valence-electron chi connectivity index (χ4n) is 1.62. The van der Waals surface area contributed by atoms with Gasteiger partial charge in [-0.25, -0.2) is 4.98 Å². The van der Waals surface area contributed by atoms with Crippen molar-refractivity contribution in [2.75, 3.05) is 17.7 Å². The molecular formula is C12H14N4O. The van der Waals surface area contributed by atoms with Crippen LogP contribution in [0.4, 0.5) is 11.5 Å². The molecule has 2 rings (SSSR count). The third kappa shape index (κ3) is 2.44. The predicted octanol–water partition coefficient (Wildman–Crippen LogP) is 0.989. The standard InChI is InChI=1S/C12H14N4O/c1-16(11-12(17)15-7-6-14-11)8-9-4-2-3-5-10(9)13/h2-7H,8,13H2,1H3,(H,15,17). The third-order valence-electron chi connectivity index (χ3n) is 2.51. The van der Waals surface area contributed by atoms with Crippen molar-refractivity contribution in [2.45, 2.75) is 6.54 Å². The summed E-state index contributed by atoms with van der Waals surface area (Å²) in [5, 5.41) is 0. The normalized spacial score (nSPS) is 10.2. The van der Waals surface area contributed by atoms with Crippen LogP contribution in [-0.4, -0.2) is 17.0 Å². The van der Waals surface area contributed by atoms with Gasteiger partial charge in [0.25, 0.3) is 5.56 Å². The largest absolute Gasteiger partial charge is 0.398 e. The van der Waals surface area contributed by atoms with Crippen molar-refractivity contribution in [2.24, 2.45) is 0 Å². The van der Waals surface area contributed by atoms with E-state index >= 15 is 0 Å². The Labute approximate surface area is 98.9 Å². The molecular weight excluding hydrogens is 216 g/mol. The van der Waals surface area contributed by atoms with Gasteiger partial charge in [-0.05, 0) is 11.6 Å². The van der Waals surface area contributed by atoms with Gasteiger partial charge in [-0.15, -0.1) is 0 Å². The lowest BCUT2D eigenvalue weighted by molar-refractivity contribution is 0.881. The van der Waals surface area contributed by atoms with Gasteiger partial charge in [-0.2, -0.15) is 0 Å². The van der Waals surface area contributed by atoms with Crippen LogP contribution in [0, 0.1) is 0 Å². The molecule has 1 heterocycles. The van der Waals surface area contributed by atoms with Crippen molar-refractivity contribution >= 4 is 11.5 Å². The number of hydrogen-bond donors (Lipinski definition) is 2. The van der Waals surface area contributed by atoms with Crippen LogP contribution < -0.4 is 16.2 Å². The van der Waals surface area contributed by atoms with E-state index in [-0.39, 0.29) is 5.56 Å². The SMILES string of the molecule is CN(Cc1ccccc1N)c1ncc[nH]c1=O. The maximum absolute atomic E-state index is 11.5. The first-order valence-corrected chi connectivity index (χ1v) is 5.26. The molecule has 88 valence electrons. The van der Waals surface area contributed by atoms with E-state index < -0.39 is 0 Å². The summed E-state index contributed by atoms with van der Waals surface area (Å²) in [5.74, 6) is 0.385. The molecule has 0 radical (unpaired) electrons. The molecule has 0 aliphatic carbocycles. The number of nitrogens with zero attached hydrogens (tertiary/aromatic N) is 2. The van der Waals surface area contributed by atoms with Crippen molar-refractivity contribution in [3.63, 3.8) is 0 Å². The average molecular weight is 230 g/mol. The molecule has 0 fully saturated rings. The number of H-pyrrole nitrogens is 1. The summed E-state index contributed by atoms with van der Waals surface area (Å²) < 4.78 is 0.